The zero-order valence-electron chi connectivity index (χ0n) is 19.5. The number of rotatable bonds is 6. The van der Waals surface area contributed by atoms with Crippen molar-refractivity contribution in [2.45, 2.75) is 50.9 Å². The van der Waals surface area contributed by atoms with Crippen LogP contribution in [0.2, 0.25) is 0 Å². The molecule has 2 aliphatic carbocycles. The Morgan fingerprint density at radius 1 is 1.06 bits per heavy atom. The summed E-state index contributed by atoms with van der Waals surface area (Å²) < 4.78 is 42.2. The molecular weight excluding hydrogens is 463 g/mol. The fraction of sp³-hybridized carbons (Fsp3) is 0.321. The van der Waals surface area contributed by atoms with Crippen molar-refractivity contribution in [3.8, 4) is 0 Å². The maximum absolute atomic E-state index is 13.8. The van der Waals surface area contributed by atoms with Gasteiger partial charge in [-0.2, -0.15) is 0 Å². The molecule has 0 radical (unpaired) electrons. The molecule has 1 fully saturated rings. The Balaban J connectivity index is 1.48. The standard InChI is InChI=1S/C28H29FN2O3S/c29-22-12-10-20(11-13-22)18-28(27(30)32)16-14-23(15-17-28)35(33,34)31-19-25(21-6-2-1-3-7-21)24-8-4-5-9-26(24)31/h4-5,8-16,19,21H,1-3,6-7,17-18H2,(H2,30,32). The normalized spacial score (nSPS) is 21.2. The van der Waals surface area contributed by atoms with Crippen LogP contribution in [-0.2, 0) is 21.2 Å². The molecule has 5 rings (SSSR count). The summed E-state index contributed by atoms with van der Waals surface area (Å²) >= 11 is 0. The highest BCUT2D eigenvalue weighted by Gasteiger charge is 2.37. The van der Waals surface area contributed by atoms with Crippen LogP contribution in [0.1, 0.15) is 55.6 Å². The van der Waals surface area contributed by atoms with E-state index in [1.165, 1.54) is 28.6 Å². The topological polar surface area (TPSA) is 82.2 Å². The molecule has 0 spiro atoms. The molecule has 5 nitrogen and oxygen atoms in total. The number of carbonyl (C=O) groups excluding carboxylic acids is 1. The van der Waals surface area contributed by atoms with E-state index in [-0.39, 0.29) is 23.6 Å². The predicted molar refractivity (Wildman–Crippen MR) is 136 cm³/mol. The lowest BCUT2D eigenvalue weighted by molar-refractivity contribution is -0.125. The number of halogens is 1. The van der Waals surface area contributed by atoms with Gasteiger partial charge < -0.3 is 5.73 Å². The molecule has 2 aromatic carbocycles. The van der Waals surface area contributed by atoms with Crippen molar-refractivity contribution in [3.05, 3.63) is 94.8 Å². The molecule has 1 aromatic heterocycles. The van der Waals surface area contributed by atoms with E-state index in [1.54, 1.807) is 30.5 Å². The van der Waals surface area contributed by atoms with Gasteiger partial charge in [-0.1, -0.05) is 61.7 Å². The van der Waals surface area contributed by atoms with Gasteiger partial charge in [0, 0.05) is 11.6 Å². The van der Waals surface area contributed by atoms with E-state index < -0.39 is 21.3 Å². The third-order valence-electron chi connectivity index (χ3n) is 7.47. The van der Waals surface area contributed by atoms with Crippen LogP contribution in [0.5, 0.6) is 0 Å². The highest BCUT2D eigenvalue weighted by atomic mass is 32.2. The van der Waals surface area contributed by atoms with Crippen molar-refractivity contribution in [2.75, 3.05) is 0 Å². The van der Waals surface area contributed by atoms with Crippen LogP contribution in [0.3, 0.4) is 0 Å². The summed E-state index contributed by atoms with van der Waals surface area (Å²) in [6, 6.07) is 13.5. The van der Waals surface area contributed by atoms with Gasteiger partial charge >= 0.3 is 0 Å². The van der Waals surface area contributed by atoms with E-state index in [1.807, 2.05) is 24.3 Å². The lowest BCUT2D eigenvalue weighted by atomic mass is 9.76. The number of nitrogens with two attached hydrogens (primary N) is 1. The first kappa shape index (κ1) is 23.5. The Hall–Kier alpha value is -3.19. The summed E-state index contributed by atoms with van der Waals surface area (Å²) in [5, 5.41) is 0.978. The second-order valence-corrected chi connectivity index (χ2v) is 11.5. The molecule has 1 unspecified atom stereocenters. The molecule has 0 bridgehead atoms. The monoisotopic (exact) mass is 492 g/mol. The summed E-state index contributed by atoms with van der Waals surface area (Å²) in [6.07, 6.45) is 12.6. The highest BCUT2D eigenvalue weighted by Crippen LogP contribution is 2.40. The third kappa shape index (κ3) is 4.33. The Morgan fingerprint density at radius 2 is 1.77 bits per heavy atom. The number of aromatic nitrogens is 1. The summed E-state index contributed by atoms with van der Waals surface area (Å²) in [5.41, 5.74) is 7.20. The number of nitrogens with zero attached hydrogens (tertiary/aromatic N) is 1. The van der Waals surface area contributed by atoms with Crippen LogP contribution < -0.4 is 5.73 Å². The lowest BCUT2D eigenvalue weighted by Gasteiger charge is -2.29. The number of para-hydroxylation sites is 1. The SMILES string of the molecule is NC(=O)C1(Cc2ccc(F)cc2)C=CC(S(=O)(=O)n2cc(C3CCCCC3)c3ccccc32)=CC1. The van der Waals surface area contributed by atoms with Crippen LogP contribution in [0.15, 0.2) is 77.9 Å². The van der Waals surface area contributed by atoms with Gasteiger partial charge in [0.2, 0.25) is 5.91 Å². The number of hydrogen-bond donors (Lipinski definition) is 1. The number of hydrogen-bond acceptors (Lipinski definition) is 3. The minimum atomic E-state index is -3.87. The molecule has 1 amide bonds. The van der Waals surface area contributed by atoms with Gasteiger partial charge in [0.15, 0.2) is 0 Å². The summed E-state index contributed by atoms with van der Waals surface area (Å²) in [4.78, 5) is 12.6. The van der Waals surface area contributed by atoms with E-state index in [0.717, 1.165) is 42.2 Å². The number of benzene rings is 2. The third-order valence-corrected chi connectivity index (χ3v) is 9.19. The summed E-state index contributed by atoms with van der Waals surface area (Å²) in [7, 11) is -3.87. The van der Waals surface area contributed by atoms with Crippen molar-refractivity contribution in [1.29, 1.82) is 0 Å². The Bertz CT molecular complexity index is 1430. The molecule has 0 saturated heterocycles. The minimum Gasteiger partial charge on any atom is -0.369 e. The van der Waals surface area contributed by atoms with Gasteiger partial charge in [-0.3, -0.25) is 4.79 Å². The van der Waals surface area contributed by atoms with Gasteiger partial charge in [0.05, 0.1) is 15.8 Å². The number of carbonyl (C=O) groups is 1. The first-order valence-electron chi connectivity index (χ1n) is 12.1. The van der Waals surface area contributed by atoms with Gasteiger partial charge in [-0.05, 0) is 67.0 Å². The molecule has 2 N–H and O–H groups in total. The average Bonchev–Trinajstić information content (AvgIpc) is 3.27. The van der Waals surface area contributed by atoms with Crippen molar-refractivity contribution >= 4 is 26.8 Å². The fourth-order valence-electron chi connectivity index (χ4n) is 5.45. The Kier molecular flexibility index (Phi) is 6.13. The van der Waals surface area contributed by atoms with Crippen LogP contribution in [0.25, 0.3) is 10.9 Å². The molecule has 7 heteroatoms. The van der Waals surface area contributed by atoms with Crippen molar-refractivity contribution in [1.82, 2.24) is 3.97 Å². The van der Waals surface area contributed by atoms with Gasteiger partial charge in [-0.25, -0.2) is 16.8 Å². The first-order valence-corrected chi connectivity index (χ1v) is 13.5. The van der Waals surface area contributed by atoms with Gasteiger partial charge in [0.1, 0.15) is 5.82 Å². The van der Waals surface area contributed by atoms with Crippen molar-refractivity contribution in [2.24, 2.45) is 11.1 Å². The average molecular weight is 493 g/mol. The highest BCUT2D eigenvalue weighted by molar-refractivity contribution is 7.94. The maximum atomic E-state index is 13.8. The predicted octanol–water partition coefficient (Wildman–Crippen LogP) is 5.56. The molecule has 3 aromatic rings. The second-order valence-electron chi connectivity index (χ2n) is 9.70. The fourth-order valence-corrected chi connectivity index (χ4v) is 6.88. The van der Waals surface area contributed by atoms with E-state index in [4.69, 9.17) is 5.73 Å². The van der Waals surface area contributed by atoms with Crippen LogP contribution in [0, 0.1) is 11.2 Å². The second kappa shape index (κ2) is 9.11. The molecule has 2 aliphatic rings. The minimum absolute atomic E-state index is 0.143. The largest absolute Gasteiger partial charge is 0.369 e. The first-order chi connectivity index (χ1) is 16.8. The molecule has 1 saturated carbocycles. The molecule has 1 heterocycles. The number of primary amides is 1. The molecule has 35 heavy (non-hydrogen) atoms. The Morgan fingerprint density at radius 3 is 2.43 bits per heavy atom. The quantitative estimate of drug-likeness (QED) is 0.489. The Labute approximate surface area is 205 Å². The maximum Gasteiger partial charge on any atom is 0.267 e. The smallest absolute Gasteiger partial charge is 0.267 e. The zero-order valence-corrected chi connectivity index (χ0v) is 20.3. The molecule has 0 aliphatic heterocycles. The molecular formula is C28H29FN2O3S. The summed E-state index contributed by atoms with van der Waals surface area (Å²) in [6.45, 7) is 0. The van der Waals surface area contributed by atoms with E-state index >= 15 is 0 Å². The zero-order chi connectivity index (χ0) is 24.6. The number of fused-ring (bicyclic) bond motifs is 1. The van der Waals surface area contributed by atoms with Gasteiger partial charge in [-0.15, -0.1) is 0 Å². The molecule has 1 atom stereocenters. The van der Waals surface area contributed by atoms with Crippen LogP contribution in [0.4, 0.5) is 4.39 Å². The van der Waals surface area contributed by atoms with E-state index in [9.17, 15) is 17.6 Å². The molecule has 182 valence electrons. The van der Waals surface area contributed by atoms with Crippen LogP contribution >= 0.6 is 0 Å². The lowest BCUT2D eigenvalue weighted by Crippen LogP contribution is -2.38. The van der Waals surface area contributed by atoms with Crippen LogP contribution in [-0.4, -0.2) is 18.3 Å². The van der Waals surface area contributed by atoms with Crippen molar-refractivity contribution < 1.29 is 17.6 Å². The number of allylic oxidation sites excluding steroid dienone is 2. The summed E-state index contributed by atoms with van der Waals surface area (Å²) in [5.74, 6) is -0.545. The van der Waals surface area contributed by atoms with Crippen molar-refractivity contribution in [3.63, 3.8) is 0 Å². The number of amides is 1. The van der Waals surface area contributed by atoms with E-state index in [2.05, 4.69) is 0 Å². The van der Waals surface area contributed by atoms with Gasteiger partial charge in [0.25, 0.3) is 10.0 Å². The van der Waals surface area contributed by atoms with E-state index in [0.29, 0.717) is 11.4 Å².